The fourth-order valence-corrected chi connectivity index (χ4v) is 6.16. The Labute approximate surface area is 220 Å². The first-order valence-electron chi connectivity index (χ1n) is 10.9. The summed E-state index contributed by atoms with van der Waals surface area (Å²) in [7, 11) is 0. The van der Waals surface area contributed by atoms with Crippen molar-refractivity contribution in [3.8, 4) is 5.75 Å². The summed E-state index contributed by atoms with van der Waals surface area (Å²) in [6, 6.07) is 16.1. The Bertz CT molecular complexity index is 1350. The van der Waals surface area contributed by atoms with Crippen LogP contribution in [0.4, 0.5) is 5.69 Å². The average Bonchev–Trinajstić information content (AvgIpc) is 3.28. The number of fused-ring (bicyclic) bond motifs is 2. The number of nitrogens with one attached hydrogen (secondary N) is 2. The standard InChI is InChI=1S/C25H20BrCl2N3O4/c1-13-22(23(31(33)34)25(30-13)17-4-2-3-5-20(17)29-24(25)32)14-7-9-21(18(26)10-14)35-12-15-6-8-16(27)11-19(15)28/h2-11,13,22-23,30H,12H2,1H3,(H,29,32)/t13-,22+,23+,25-/m0/s1. The number of nitrogens with zero attached hydrogens (tertiary/aromatic N) is 1. The lowest BCUT2D eigenvalue weighted by Gasteiger charge is -2.25. The molecule has 2 aliphatic rings. The topological polar surface area (TPSA) is 93.5 Å². The summed E-state index contributed by atoms with van der Waals surface area (Å²) in [5.41, 5.74) is 1.25. The first kappa shape index (κ1) is 24.1. The molecular formula is C25H20BrCl2N3O4. The minimum atomic E-state index is -1.45. The van der Waals surface area contributed by atoms with Gasteiger partial charge in [-0.2, -0.15) is 0 Å². The van der Waals surface area contributed by atoms with Gasteiger partial charge in [0.2, 0.25) is 0 Å². The number of benzene rings is 3. The molecule has 2 heterocycles. The summed E-state index contributed by atoms with van der Waals surface area (Å²) in [5.74, 6) is -0.402. The fraction of sp³-hybridized carbons (Fsp3) is 0.240. The van der Waals surface area contributed by atoms with Gasteiger partial charge in [-0.1, -0.05) is 53.5 Å². The highest BCUT2D eigenvalue weighted by atomic mass is 79.9. The number of anilines is 1. The Morgan fingerprint density at radius 3 is 2.63 bits per heavy atom. The van der Waals surface area contributed by atoms with Gasteiger partial charge in [0.15, 0.2) is 5.54 Å². The Kier molecular flexibility index (Phi) is 6.25. The van der Waals surface area contributed by atoms with E-state index in [0.717, 1.165) is 11.1 Å². The van der Waals surface area contributed by atoms with Crippen LogP contribution in [0.5, 0.6) is 5.75 Å². The summed E-state index contributed by atoms with van der Waals surface area (Å²) in [5, 5.41) is 19.6. The van der Waals surface area contributed by atoms with Crippen molar-refractivity contribution in [2.75, 3.05) is 5.32 Å². The zero-order valence-corrected chi connectivity index (χ0v) is 21.5. The molecule has 3 aromatic rings. The van der Waals surface area contributed by atoms with Crippen molar-refractivity contribution in [3.05, 3.63) is 102 Å². The number of halogens is 3. The van der Waals surface area contributed by atoms with Gasteiger partial charge >= 0.3 is 0 Å². The van der Waals surface area contributed by atoms with Crippen LogP contribution in [0, 0.1) is 10.1 Å². The second-order valence-corrected chi connectivity index (χ2v) is 10.4. The summed E-state index contributed by atoms with van der Waals surface area (Å²) in [6.07, 6.45) is 0. The number of rotatable bonds is 5. The summed E-state index contributed by atoms with van der Waals surface area (Å²) in [4.78, 5) is 25.3. The molecule has 0 aromatic heterocycles. The van der Waals surface area contributed by atoms with Gasteiger partial charge in [-0.15, -0.1) is 0 Å². The van der Waals surface area contributed by atoms with E-state index in [9.17, 15) is 14.9 Å². The van der Waals surface area contributed by atoms with Crippen molar-refractivity contribution in [1.82, 2.24) is 5.32 Å². The molecule has 0 aliphatic carbocycles. The van der Waals surface area contributed by atoms with Gasteiger partial charge < -0.3 is 10.1 Å². The molecule has 5 rings (SSSR count). The third-order valence-electron chi connectivity index (χ3n) is 6.70. The Morgan fingerprint density at radius 1 is 1.14 bits per heavy atom. The second kappa shape index (κ2) is 9.09. The van der Waals surface area contributed by atoms with Crippen LogP contribution in [0.1, 0.15) is 29.5 Å². The maximum atomic E-state index is 13.2. The fourth-order valence-electron chi connectivity index (χ4n) is 5.19. The molecule has 3 aromatic carbocycles. The molecule has 7 nitrogen and oxygen atoms in total. The van der Waals surface area contributed by atoms with E-state index in [-0.39, 0.29) is 17.6 Å². The minimum Gasteiger partial charge on any atom is -0.488 e. The van der Waals surface area contributed by atoms with Gasteiger partial charge in [0.1, 0.15) is 12.4 Å². The van der Waals surface area contributed by atoms with Gasteiger partial charge in [-0.25, -0.2) is 0 Å². The number of para-hydroxylation sites is 1. The average molecular weight is 577 g/mol. The van der Waals surface area contributed by atoms with Crippen molar-refractivity contribution in [2.45, 2.75) is 37.1 Å². The lowest BCUT2D eigenvalue weighted by Crippen LogP contribution is -2.54. The van der Waals surface area contributed by atoms with Crippen molar-refractivity contribution in [3.63, 3.8) is 0 Å². The first-order valence-corrected chi connectivity index (χ1v) is 12.5. The number of nitro groups is 1. The quantitative estimate of drug-likeness (QED) is 0.291. The van der Waals surface area contributed by atoms with Crippen molar-refractivity contribution in [1.29, 1.82) is 0 Å². The van der Waals surface area contributed by atoms with E-state index < -0.39 is 23.4 Å². The molecule has 35 heavy (non-hydrogen) atoms. The van der Waals surface area contributed by atoms with Crippen LogP contribution >= 0.6 is 39.1 Å². The highest BCUT2D eigenvalue weighted by Gasteiger charge is 2.67. The van der Waals surface area contributed by atoms with Crippen molar-refractivity contribution < 1.29 is 14.5 Å². The van der Waals surface area contributed by atoms with Crippen LogP contribution in [-0.4, -0.2) is 22.9 Å². The summed E-state index contributed by atoms with van der Waals surface area (Å²) in [6.45, 7) is 2.10. The molecular weight excluding hydrogens is 557 g/mol. The predicted octanol–water partition coefficient (Wildman–Crippen LogP) is 5.90. The molecule has 4 atom stereocenters. The number of amides is 1. The highest BCUT2D eigenvalue weighted by Crippen LogP contribution is 2.50. The van der Waals surface area contributed by atoms with E-state index in [1.165, 1.54) is 0 Å². The van der Waals surface area contributed by atoms with Crippen LogP contribution in [0.15, 0.2) is 65.1 Å². The third-order valence-corrected chi connectivity index (χ3v) is 7.91. The van der Waals surface area contributed by atoms with E-state index in [1.54, 1.807) is 54.6 Å². The largest absolute Gasteiger partial charge is 0.488 e. The monoisotopic (exact) mass is 575 g/mol. The highest BCUT2D eigenvalue weighted by molar-refractivity contribution is 9.10. The third kappa shape index (κ3) is 3.98. The predicted molar refractivity (Wildman–Crippen MR) is 138 cm³/mol. The van der Waals surface area contributed by atoms with Crippen molar-refractivity contribution in [2.24, 2.45) is 0 Å². The second-order valence-electron chi connectivity index (χ2n) is 8.71. The molecule has 180 valence electrons. The number of hydrogen-bond donors (Lipinski definition) is 2. The molecule has 0 unspecified atom stereocenters. The van der Waals surface area contributed by atoms with Gasteiger partial charge in [-0.05, 0) is 58.7 Å². The van der Waals surface area contributed by atoms with Crippen LogP contribution in [0.25, 0.3) is 0 Å². The molecule has 2 aliphatic heterocycles. The summed E-state index contributed by atoms with van der Waals surface area (Å²) < 4.78 is 6.58. The van der Waals surface area contributed by atoms with Gasteiger partial charge in [-0.3, -0.25) is 20.2 Å². The number of carbonyl (C=O) groups is 1. The zero-order valence-electron chi connectivity index (χ0n) is 18.4. The van der Waals surface area contributed by atoms with E-state index in [1.807, 2.05) is 13.0 Å². The maximum absolute atomic E-state index is 13.2. The molecule has 1 spiro atoms. The Hall–Kier alpha value is -2.65. The lowest BCUT2D eigenvalue weighted by atomic mass is 9.78. The van der Waals surface area contributed by atoms with E-state index in [4.69, 9.17) is 27.9 Å². The molecule has 1 fully saturated rings. The van der Waals surface area contributed by atoms with Crippen LogP contribution < -0.4 is 15.4 Å². The first-order chi connectivity index (χ1) is 16.7. The summed E-state index contributed by atoms with van der Waals surface area (Å²) >= 11 is 15.7. The Morgan fingerprint density at radius 2 is 1.91 bits per heavy atom. The number of carbonyl (C=O) groups excluding carboxylic acids is 1. The van der Waals surface area contributed by atoms with E-state index in [2.05, 4.69) is 26.6 Å². The number of ether oxygens (including phenoxy) is 1. The van der Waals surface area contributed by atoms with Crippen LogP contribution in [-0.2, 0) is 16.9 Å². The maximum Gasteiger partial charge on any atom is 0.256 e. The van der Waals surface area contributed by atoms with Crippen LogP contribution in [0.3, 0.4) is 0 Å². The zero-order chi connectivity index (χ0) is 24.9. The van der Waals surface area contributed by atoms with Crippen molar-refractivity contribution >= 4 is 50.7 Å². The van der Waals surface area contributed by atoms with Crippen LogP contribution in [0.2, 0.25) is 10.0 Å². The molecule has 0 radical (unpaired) electrons. The molecule has 2 N–H and O–H groups in total. The lowest BCUT2D eigenvalue weighted by molar-refractivity contribution is -0.532. The Balaban J connectivity index is 1.46. The van der Waals surface area contributed by atoms with Gasteiger partial charge in [0.25, 0.3) is 11.9 Å². The smallest absolute Gasteiger partial charge is 0.256 e. The molecule has 1 saturated heterocycles. The normalized spacial score (nSPS) is 24.9. The molecule has 0 bridgehead atoms. The number of hydrogen-bond acceptors (Lipinski definition) is 5. The molecule has 0 saturated carbocycles. The van der Waals surface area contributed by atoms with Gasteiger partial charge in [0.05, 0.1) is 10.4 Å². The SMILES string of the molecule is C[C@@H]1N[C@]2(C(=O)Nc3ccccc32)[C@H]([N+](=O)[O-])[C@H]1c1ccc(OCc2ccc(Cl)cc2Cl)c(Br)c1. The van der Waals surface area contributed by atoms with Gasteiger partial charge in [0, 0.05) is 37.8 Å². The van der Waals surface area contributed by atoms with E-state index >= 15 is 0 Å². The minimum absolute atomic E-state index is 0.229. The van der Waals surface area contributed by atoms with E-state index in [0.29, 0.717) is 31.5 Å². The molecule has 10 heteroatoms. The molecule has 1 amide bonds.